The first kappa shape index (κ1) is 24.1. The molecule has 1 atom stereocenters. The van der Waals surface area contributed by atoms with Crippen LogP contribution in [0.5, 0.6) is 0 Å². The van der Waals surface area contributed by atoms with Crippen molar-refractivity contribution in [1.82, 2.24) is 14.8 Å². The summed E-state index contributed by atoms with van der Waals surface area (Å²) >= 11 is 0. The average molecular weight is 465 g/mol. The molecule has 7 nitrogen and oxygen atoms in total. The van der Waals surface area contributed by atoms with Crippen molar-refractivity contribution >= 4 is 22.5 Å². The zero-order chi connectivity index (χ0) is 24.1. The van der Waals surface area contributed by atoms with Crippen LogP contribution in [0.4, 0.5) is 10.5 Å². The Morgan fingerprint density at radius 2 is 1.88 bits per heavy atom. The number of nitrogens with zero attached hydrogens (tertiary/aromatic N) is 2. The third-order valence-corrected chi connectivity index (χ3v) is 6.52. The van der Waals surface area contributed by atoms with Gasteiger partial charge in [0, 0.05) is 29.6 Å². The molecule has 2 aromatic heterocycles. The molecule has 7 heteroatoms. The Labute approximate surface area is 201 Å². The summed E-state index contributed by atoms with van der Waals surface area (Å²) in [6.45, 7) is 9.19. The summed E-state index contributed by atoms with van der Waals surface area (Å²) in [5.74, 6) is 1.97. The van der Waals surface area contributed by atoms with Crippen LogP contribution >= 0.6 is 0 Å². The zero-order valence-electron chi connectivity index (χ0n) is 20.5. The molecule has 0 radical (unpaired) electrons. The number of piperidine rings is 1. The van der Waals surface area contributed by atoms with Crippen LogP contribution in [0.3, 0.4) is 0 Å². The van der Waals surface area contributed by atoms with Crippen LogP contribution in [0.1, 0.15) is 58.0 Å². The molecule has 1 aromatic carbocycles. The van der Waals surface area contributed by atoms with Gasteiger partial charge in [-0.1, -0.05) is 45.4 Å². The topological polar surface area (TPSA) is 79.5 Å². The predicted molar refractivity (Wildman–Crippen MR) is 136 cm³/mol. The van der Waals surface area contributed by atoms with Crippen molar-refractivity contribution in [3.8, 4) is 0 Å². The van der Waals surface area contributed by atoms with Gasteiger partial charge in [0.15, 0.2) is 0 Å². The van der Waals surface area contributed by atoms with Gasteiger partial charge in [-0.05, 0) is 49.9 Å². The maximum Gasteiger partial charge on any atom is 0.319 e. The van der Waals surface area contributed by atoms with E-state index in [0.717, 1.165) is 36.4 Å². The zero-order valence-corrected chi connectivity index (χ0v) is 20.5. The second kappa shape index (κ2) is 10.9. The summed E-state index contributed by atoms with van der Waals surface area (Å²) in [6.07, 6.45) is 6.70. The molecular formula is C27H36N4O3. The lowest BCUT2D eigenvalue weighted by molar-refractivity contribution is 0.126. The maximum absolute atomic E-state index is 12.8. The second-order valence-corrected chi connectivity index (χ2v) is 9.64. The van der Waals surface area contributed by atoms with Crippen molar-refractivity contribution in [2.45, 2.75) is 72.1 Å². The highest BCUT2D eigenvalue weighted by molar-refractivity contribution is 6.00. The number of carbonyl (C=O) groups is 1. The van der Waals surface area contributed by atoms with Crippen molar-refractivity contribution in [1.29, 1.82) is 0 Å². The van der Waals surface area contributed by atoms with Crippen LogP contribution in [0.15, 0.2) is 51.8 Å². The van der Waals surface area contributed by atoms with Crippen molar-refractivity contribution in [2.24, 2.45) is 5.92 Å². The van der Waals surface area contributed by atoms with Crippen LogP contribution in [-0.2, 0) is 19.6 Å². The molecule has 1 aliphatic rings. The molecule has 3 heterocycles. The normalized spacial score (nSPS) is 16.8. The number of furan rings is 1. The number of pyridine rings is 1. The SMILES string of the molecule is CC[C@@H]1CCCCN1Cc1ccc(CNC(=O)Nc2cn(CC(C)C)c(=O)c3ccccc23)o1. The monoisotopic (exact) mass is 464 g/mol. The second-order valence-electron chi connectivity index (χ2n) is 9.64. The molecule has 182 valence electrons. The van der Waals surface area contributed by atoms with Gasteiger partial charge in [-0.3, -0.25) is 9.69 Å². The number of rotatable bonds is 8. The number of aromatic nitrogens is 1. The summed E-state index contributed by atoms with van der Waals surface area (Å²) in [6, 6.07) is 11.6. The van der Waals surface area contributed by atoms with E-state index >= 15 is 0 Å². The Hall–Kier alpha value is -3.06. The minimum Gasteiger partial charge on any atom is -0.463 e. The Morgan fingerprint density at radius 1 is 1.12 bits per heavy atom. The van der Waals surface area contributed by atoms with Crippen LogP contribution in [0.2, 0.25) is 0 Å². The third kappa shape index (κ3) is 5.70. The minimum absolute atomic E-state index is 0.0441. The highest BCUT2D eigenvalue weighted by Gasteiger charge is 2.22. The molecule has 0 unspecified atom stereocenters. The summed E-state index contributed by atoms with van der Waals surface area (Å²) in [5, 5.41) is 7.13. The number of amides is 2. The molecule has 3 aromatic rings. The first-order valence-corrected chi connectivity index (χ1v) is 12.4. The largest absolute Gasteiger partial charge is 0.463 e. The van der Waals surface area contributed by atoms with E-state index in [0.29, 0.717) is 36.1 Å². The van der Waals surface area contributed by atoms with Gasteiger partial charge in [-0.25, -0.2) is 4.79 Å². The number of hydrogen-bond donors (Lipinski definition) is 2. The lowest BCUT2D eigenvalue weighted by Gasteiger charge is -2.34. The van der Waals surface area contributed by atoms with Crippen LogP contribution in [0.25, 0.3) is 10.8 Å². The molecule has 0 bridgehead atoms. The van der Waals surface area contributed by atoms with Gasteiger partial charge in [0.25, 0.3) is 5.56 Å². The number of carbonyl (C=O) groups excluding carboxylic acids is 1. The van der Waals surface area contributed by atoms with Crippen molar-refractivity contribution in [3.05, 3.63) is 64.5 Å². The predicted octanol–water partition coefficient (Wildman–Crippen LogP) is 5.34. The Bertz CT molecular complexity index is 1180. The first-order chi connectivity index (χ1) is 16.4. The molecule has 0 saturated carbocycles. The van der Waals surface area contributed by atoms with Gasteiger partial charge in [0.1, 0.15) is 11.5 Å². The quantitative estimate of drug-likeness (QED) is 0.472. The van der Waals surface area contributed by atoms with E-state index in [1.54, 1.807) is 16.8 Å². The van der Waals surface area contributed by atoms with Crippen LogP contribution in [0, 0.1) is 5.92 Å². The van der Waals surface area contributed by atoms with Gasteiger partial charge in [-0.2, -0.15) is 0 Å². The molecule has 34 heavy (non-hydrogen) atoms. The molecule has 1 fully saturated rings. The number of fused-ring (bicyclic) bond motifs is 1. The van der Waals surface area contributed by atoms with E-state index in [-0.39, 0.29) is 11.6 Å². The maximum atomic E-state index is 12.8. The van der Waals surface area contributed by atoms with Crippen molar-refractivity contribution < 1.29 is 9.21 Å². The van der Waals surface area contributed by atoms with Gasteiger partial charge in [0.2, 0.25) is 0 Å². The molecule has 0 aliphatic carbocycles. The van der Waals surface area contributed by atoms with Gasteiger partial charge in [0.05, 0.1) is 18.8 Å². The van der Waals surface area contributed by atoms with E-state index < -0.39 is 0 Å². The molecule has 1 saturated heterocycles. The fourth-order valence-corrected chi connectivity index (χ4v) is 4.84. The number of hydrogen-bond acceptors (Lipinski definition) is 4. The summed E-state index contributed by atoms with van der Waals surface area (Å²) in [5.41, 5.74) is 0.571. The third-order valence-electron chi connectivity index (χ3n) is 6.52. The number of nitrogens with one attached hydrogen (secondary N) is 2. The highest BCUT2D eigenvalue weighted by atomic mass is 16.3. The van der Waals surface area contributed by atoms with Crippen LogP contribution < -0.4 is 16.2 Å². The van der Waals surface area contributed by atoms with Crippen molar-refractivity contribution in [2.75, 3.05) is 11.9 Å². The molecule has 1 aliphatic heterocycles. The smallest absolute Gasteiger partial charge is 0.319 e. The molecule has 2 N–H and O–H groups in total. The lowest BCUT2D eigenvalue weighted by atomic mass is 10.00. The molecule has 4 rings (SSSR count). The van der Waals surface area contributed by atoms with E-state index in [9.17, 15) is 9.59 Å². The summed E-state index contributed by atoms with van der Waals surface area (Å²) < 4.78 is 7.67. The number of benzene rings is 1. The van der Waals surface area contributed by atoms with Crippen molar-refractivity contribution in [3.63, 3.8) is 0 Å². The van der Waals surface area contributed by atoms with Crippen LogP contribution in [-0.4, -0.2) is 28.1 Å². The Kier molecular flexibility index (Phi) is 7.73. The number of anilines is 1. The van der Waals surface area contributed by atoms with Gasteiger partial charge in [-0.15, -0.1) is 0 Å². The van der Waals surface area contributed by atoms with Gasteiger partial charge >= 0.3 is 6.03 Å². The fourth-order valence-electron chi connectivity index (χ4n) is 4.84. The fraction of sp³-hybridized carbons (Fsp3) is 0.481. The lowest BCUT2D eigenvalue weighted by Crippen LogP contribution is -2.38. The van der Waals surface area contributed by atoms with Gasteiger partial charge < -0.3 is 19.6 Å². The Morgan fingerprint density at radius 3 is 2.65 bits per heavy atom. The molecule has 2 amide bonds. The average Bonchev–Trinajstić information content (AvgIpc) is 3.28. The van der Waals surface area contributed by atoms with E-state index in [4.69, 9.17) is 4.42 Å². The standard InChI is InChI=1S/C27H36N4O3/c1-4-20-9-7-8-14-30(20)17-22-13-12-21(34-22)15-28-27(33)29-25-18-31(16-19(2)3)26(32)24-11-6-5-10-23(24)25/h5-6,10-13,18-20H,4,7-9,14-17H2,1-3H3,(H2,28,29,33)/t20-/m1/s1. The number of likely N-dealkylation sites (tertiary alicyclic amines) is 1. The highest BCUT2D eigenvalue weighted by Crippen LogP contribution is 2.23. The Balaban J connectivity index is 1.40. The van der Waals surface area contributed by atoms with E-state index in [2.05, 4.69) is 36.3 Å². The first-order valence-electron chi connectivity index (χ1n) is 12.4. The molecular weight excluding hydrogens is 428 g/mol. The number of urea groups is 1. The van der Waals surface area contributed by atoms with E-state index in [1.165, 1.54) is 19.3 Å². The summed E-state index contributed by atoms with van der Waals surface area (Å²) in [4.78, 5) is 28.0. The van der Waals surface area contributed by atoms with E-state index in [1.807, 2.05) is 30.3 Å². The molecule has 0 spiro atoms. The summed E-state index contributed by atoms with van der Waals surface area (Å²) in [7, 11) is 0. The minimum atomic E-state index is -0.333.